The van der Waals surface area contributed by atoms with Gasteiger partial charge in [-0.2, -0.15) is 5.26 Å². The second kappa shape index (κ2) is 4.58. The number of hydrogen-bond acceptors (Lipinski definition) is 5. The predicted octanol–water partition coefficient (Wildman–Crippen LogP) is 1.35. The average Bonchev–Trinajstić information content (AvgIpc) is 2.85. The largest absolute Gasteiger partial charge is 0.477 e. The Balaban J connectivity index is 2.78. The highest BCUT2D eigenvalue weighted by Gasteiger charge is 2.26. The Hall–Kier alpha value is -3.21. The summed E-state index contributed by atoms with van der Waals surface area (Å²) in [6.45, 7) is 0. The Kier molecular flexibility index (Phi) is 2.95. The van der Waals surface area contributed by atoms with Gasteiger partial charge >= 0.3 is 11.7 Å². The number of carboxylic acids is 1. The molecule has 2 aromatic rings. The summed E-state index contributed by atoms with van der Waals surface area (Å²) in [5.41, 5.74) is -1.04. The lowest BCUT2D eigenvalue weighted by Gasteiger charge is -2.06. The molecule has 0 spiro atoms. The second-order valence-electron chi connectivity index (χ2n) is 3.47. The summed E-state index contributed by atoms with van der Waals surface area (Å²) < 4.78 is 1.17. The Morgan fingerprint density at radius 2 is 2.26 bits per heavy atom. The fourth-order valence-corrected chi connectivity index (χ4v) is 1.67. The second-order valence-corrected chi connectivity index (χ2v) is 3.47. The SMILES string of the molecule is N#Cc1nccn1-c1cccc(C(=O)O)c1[N+](=O)[O-]. The molecule has 0 amide bonds. The van der Waals surface area contributed by atoms with Crippen molar-refractivity contribution >= 4 is 11.7 Å². The Bertz CT molecular complexity index is 714. The molecule has 0 saturated heterocycles. The molecule has 8 nitrogen and oxygen atoms in total. The van der Waals surface area contributed by atoms with Crippen molar-refractivity contribution in [3.8, 4) is 11.8 Å². The van der Waals surface area contributed by atoms with E-state index in [2.05, 4.69) is 4.98 Å². The van der Waals surface area contributed by atoms with Crippen LogP contribution in [-0.2, 0) is 0 Å². The van der Waals surface area contributed by atoms with Gasteiger partial charge in [-0.15, -0.1) is 0 Å². The molecule has 94 valence electrons. The third-order valence-corrected chi connectivity index (χ3v) is 2.43. The number of carboxylic acid groups (broad SMARTS) is 1. The fraction of sp³-hybridized carbons (Fsp3) is 0. The van der Waals surface area contributed by atoms with Crippen LogP contribution >= 0.6 is 0 Å². The number of aromatic carboxylic acids is 1. The number of nitrogens with zero attached hydrogens (tertiary/aromatic N) is 4. The summed E-state index contributed by atoms with van der Waals surface area (Å²) >= 11 is 0. The third kappa shape index (κ3) is 2.00. The van der Waals surface area contributed by atoms with Gasteiger partial charge in [-0.05, 0) is 12.1 Å². The zero-order valence-electron chi connectivity index (χ0n) is 9.35. The van der Waals surface area contributed by atoms with Crippen molar-refractivity contribution < 1.29 is 14.8 Å². The van der Waals surface area contributed by atoms with Gasteiger partial charge in [0.2, 0.25) is 5.82 Å². The summed E-state index contributed by atoms with van der Waals surface area (Å²) in [4.78, 5) is 25.0. The van der Waals surface area contributed by atoms with Crippen LogP contribution in [-0.4, -0.2) is 25.6 Å². The smallest absolute Gasteiger partial charge is 0.342 e. The van der Waals surface area contributed by atoms with Crippen LogP contribution < -0.4 is 0 Å². The van der Waals surface area contributed by atoms with E-state index in [1.165, 1.54) is 29.1 Å². The highest BCUT2D eigenvalue weighted by atomic mass is 16.6. The molecule has 19 heavy (non-hydrogen) atoms. The number of benzene rings is 1. The average molecular weight is 258 g/mol. The van der Waals surface area contributed by atoms with Gasteiger partial charge in [0.15, 0.2) is 0 Å². The number of hydrogen-bond donors (Lipinski definition) is 1. The highest BCUT2D eigenvalue weighted by Crippen LogP contribution is 2.28. The lowest BCUT2D eigenvalue weighted by atomic mass is 10.1. The molecule has 0 aliphatic carbocycles. The van der Waals surface area contributed by atoms with E-state index in [0.29, 0.717) is 0 Å². The first kappa shape index (κ1) is 12.3. The Labute approximate surface area is 106 Å². The summed E-state index contributed by atoms with van der Waals surface area (Å²) in [7, 11) is 0. The van der Waals surface area contributed by atoms with Gasteiger partial charge in [-0.1, -0.05) is 6.07 Å². The van der Waals surface area contributed by atoms with Gasteiger partial charge < -0.3 is 5.11 Å². The number of rotatable bonds is 3. The molecule has 1 aromatic carbocycles. The Morgan fingerprint density at radius 3 is 2.84 bits per heavy atom. The van der Waals surface area contributed by atoms with E-state index < -0.39 is 22.1 Å². The van der Waals surface area contributed by atoms with Crippen LogP contribution in [0.15, 0.2) is 30.6 Å². The molecule has 1 N–H and O–H groups in total. The van der Waals surface area contributed by atoms with E-state index in [0.717, 1.165) is 6.07 Å². The number of aromatic nitrogens is 2. The predicted molar refractivity (Wildman–Crippen MR) is 61.9 cm³/mol. The van der Waals surface area contributed by atoms with Crippen LogP contribution in [0.4, 0.5) is 5.69 Å². The molecule has 0 saturated carbocycles. The van der Waals surface area contributed by atoms with Crippen molar-refractivity contribution in [1.82, 2.24) is 9.55 Å². The van der Waals surface area contributed by atoms with Crippen LogP contribution in [0.5, 0.6) is 0 Å². The van der Waals surface area contributed by atoms with E-state index >= 15 is 0 Å². The standard InChI is InChI=1S/C11H6N4O4/c12-6-9-13-4-5-14(9)8-3-1-2-7(11(16)17)10(8)15(18)19/h1-5H,(H,16,17). The quantitative estimate of drug-likeness (QED) is 0.654. The fourth-order valence-electron chi connectivity index (χ4n) is 1.67. The van der Waals surface area contributed by atoms with Gasteiger partial charge in [-0.25, -0.2) is 9.78 Å². The minimum absolute atomic E-state index is 0.0149. The van der Waals surface area contributed by atoms with E-state index in [4.69, 9.17) is 10.4 Å². The van der Waals surface area contributed by atoms with Crippen LogP contribution in [0.1, 0.15) is 16.2 Å². The van der Waals surface area contributed by atoms with Crippen molar-refractivity contribution in [3.05, 3.63) is 52.1 Å². The molecule has 0 fully saturated rings. The molecule has 0 aliphatic heterocycles. The van der Waals surface area contributed by atoms with Gasteiger partial charge in [0, 0.05) is 12.4 Å². The van der Waals surface area contributed by atoms with Crippen molar-refractivity contribution in [2.45, 2.75) is 0 Å². The molecular formula is C11H6N4O4. The minimum Gasteiger partial charge on any atom is -0.477 e. The van der Waals surface area contributed by atoms with Crippen LogP contribution in [0.3, 0.4) is 0 Å². The number of carbonyl (C=O) groups is 1. The van der Waals surface area contributed by atoms with Crippen molar-refractivity contribution in [2.24, 2.45) is 0 Å². The highest BCUT2D eigenvalue weighted by molar-refractivity contribution is 5.94. The first-order valence-corrected chi connectivity index (χ1v) is 5.00. The van der Waals surface area contributed by atoms with Crippen molar-refractivity contribution in [3.63, 3.8) is 0 Å². The summed E-state index contributed by atoms with van der Waals surface area (Å²) in [5, 5.41) is 28.9. The zero-order valence-corrected chi connectivity index (χ0v) is 9.35. The minimum atomic E-state index is -1.41. The van der Waals surface area contributed by atoms with Gasteiger partial charge in [0.1, 0.15) is 17.3 Å². The molecule has 0 unspecified atom stereocenters. The Morgan fingerprint density at radius 1 is 1.53 bits per heavy atom. The van der Waals surface area contributed by atoms with E-state index in [-0.39, 0.29) is 11.5 Å². The molecule has 2 rings (SSSR count). The van der Waals surface area contributed by atoms with Crippen LogP contribution in [0.2, 0.25) is 0 Å². The molecule has 8 heteroatoms. The topological polar surface area (TPSA) is 122 Å². The van der Waals surface area contributed by atoms with Crippen LogP contribution in [0.25, 0.3) is 5.69 Å². The number of nitriles is 1. The lowest BCUT2D eigenvalue weighted by molar-refractivity contribution is -0.384. The molecule has 1 heterocycles. The lowest BCUT2D eigenvalue weighted by Crippen LogP contribution is -2.08. The monoisotopic (exact) mass is 258 g/mol. The van der Waals surface area contributed by atoms with Crippen LogP contribution in [0, 0.1) is 21.4 Å². The van der Waals surface area contributed by atoms with Gasteiger partial charge in [-0.3, -0.25) is 14.7 Å². The number of nitro groups is 1. The maximum absolute atomic E-state index is 11.1. The van der Waals surface area contributed by atoms with Gasteiger partial charge in [0.25, 0.3) is 0 Å². The number of nitro benzene ring substituents is 1. The molecular weight excluding hydrogens is 252 g/mol. The number of para-hydroxylation sites is 1. The summed E-state index contributed by atoms with van der Waals surface area (Å²) in [6.07, 6.45) is 2.65. The normalized spacial score (nSPS) is 9.84. The third-order valence-electron chi connectivity index (χ3n) is 2.43. The molecule has 1 aromatic heterocycles. The summed E-state index contributed by atoms with van der Waals surface area (Å²) in [5.74, 6) is -1.47. The molecule has 0 atom stereocenters. The van der Waals surface area contributed by atoms with Crippen molar-refractivity contribution in [2.75, 3.05) is 0 Å². The molecule has 0 radical (unpaired) electrons. The first-order chi connectivity index (χ1) is 9.06. The van der Waals surface area contributed by atoms with E-state index in [1.807, 2.05) is 0 Å². The maximum atomic E-state index is 11.1. The summed E-state index contributed by atoms with van der Waals surface area (Å²) in [6, 6.07) is 5.62. The molecule has 0 bridgehead atoms. The van der Waals surface area contributed by atoms with Crippen molar-refractivity contribution in [1.29, 1.82) is 5.26 Å². The zero-order chi connectivity index (χ0) is 14.0. The van der Waals surface area contributed by atoms with E-state index in [9.17, 15) is 14.9 Å². The maximum Gasteiger partial charge on any atom is 0.342 e. The first-order valence-electron chi connectivity index (χ1n) is 5.00. The van der Waals surface area contributed by atoms with Gasteiger partial charge in [0.05, 0.1) is 4.92 Å². The number of imidazole rings is 1. The van der Waals surface area contributed by atoms with E-state index in [1.54, 1.807) is 6.07 Å². The molecule has 0 aliphatic rings.